The van der Waals surface area contributed by atoms with E-state index < -0.39 is 12.4 Å². The fourth-order valence-corrected chi connectivity index (χ4v) is 1.81. The predicted molar refractivity (Wildman–Crippen MR) is 44.8 cm³/mol. The second kappa shape index (κ2) is 2.97. The summed E-state index contributed by atoms with van der Waals surface area (Å²) in [5.41, 5.74) is 0. The topological polar surface area (TPSA) is 37.3 Å². The summed E-state index contributed by atoms with van der Waals surface area (Å²) in [6, 6.07) is 5.29. The average molecular weight is 192 g/mol. The molecule has 0 aliphatic rings. The summed E-state index contributed by atoms with van der Waals surface area (Å²) in [5, 5.41) is -0.247. The molecule has 0 heterocycles. The summed E-state index contributed by atoms with van der Waals surface area (Å²) in [4.78, 5) is 8.85. The standard InChI is InChI=1S/C6H6FO2PS/c7-5-3-1-2-4-6(5)10(8,9)11/h1-4H,(H2,8,9,11). The van der Waals surface area contributed by atoms with Gasteiger partial charge in [-0.1, -0.05) is 24.4 Å². The van der Waals surface area contributed by atoms with Crippen LogP contribution in [0.15, 0.2) is 24.3 Å². The molecule has 0 aromatic heterocycles. The first kappa shape index (κ1) is 8.78. The lowest BCUT2D eigenvalue weighted by atomic mass is 10.3. The van der Waals surface area contributed by atoms with Crippen LogP contribution in [0, 0.1) is 5.82 Å². The van der Waals surface area contributed by atoms with E-state index in [1.807, 2.05) is 0 Å². The molecule has 0 aliphatic heterocycles. The van der Waals surface area contributed by atoms with E-state index in [4.69, 9.17) is 4.89 Å². The molecule has 11 heavy (non-hydrogen) atoms. The molecule has 0 radical (unpaired) electrons. The summed E-state index contributed by atoms with van der Waals surface area (Å²) >= 11 is 3.39. The van der Waals surface area contributed by atoms with Gasteiger partial charge in [-0.05, 0) is 12.1 Å². The maximum Gasteiger partial charge on any atom is 0.284 e. The van der Waals surface area contributed by atoms with Crippen LogP contribution in [0.3, 0.4) is 0 Å². The van der Waals surface area contributed by atoms with E-state index in [0.29, 0.717) is 0 Å². The smallest absolute Gasteiger partial charge is 0.284 e. The molecule has 1 N–H and O–H groups in total. The number of halogens is 1. The van der Waals surface area contributed by atoms with Gasteiger partial charge in [-0.2, -0.15) is 0 Å². The molecule has 1 aromatic carbocycles. The van der Waals surface area contributed by atoms with Crippen molar-refractivity contribution in [1.29, 1.82) is 0 Å². The Morgan fingerprint density at radius 2 is 2.00 bits per heavy atom. The Labute approximate surface area is 68.7 Å². The van der Waals surface area contributed by atoms with E-state index in [2.05, 4.69) is 12.2 Å². The lowest BCUT2D eigenvalue weighted by molar-refractivity contribution is 0.505. The fourth-order valence-electron chi connectivity index (χ4n) is 0.688. The monoisotopic (exact) mass is 192 g/mol. The minimum Gasteiger partial charge on any atom is -0.334 e. The Kier molecular flexibility index (Phi) is 2.37. The zero-order valence-corrected chi connectivity index (χ0v) is 7.23. The van der Waals surface area contributed by atoms with Gasteiger partial charge in [-0.3, -0.25) is 4.57 Å². The minimum atomic E-state index is -3.74. The van der Waals surface area contributed by atoms with Gasteiger partial charge >= 0.3 is 0 Å². The van der Waals surface area contributed by atoms with Crippen molar-refractivity contribution in [2.75, 3.05) is 0 Å². The van der Waals surface area contributed by atoms with Crippen LogP contribution in [0.2, 0.25) is 0 Å². The number of thiol groups is 1. The number of benzene rings is 1. The van der Waals surface area contributed by atoms with E-state index in [9.17, 15) is 8.96 Å². The van der Waals surface area contributed by atoms with Crippen molar-refractivity contribution in [3.63, 3.8) is 0 Å². The zero-order chi connectivity index (χ0) is 8.48. The maximum absolute atomic E-state index is 12.7. The van der Waals surface area contributed by atoms with Gasteiger partial charge < -0.3 is 4.89 Å². The molecule has 0 spiro atoms. The molecule has 1 rings (SSSR count). The highest BCUT2D eigenvalue weighted by atomic mass is 32.7. The van der Waals surface area contributed by atoms with Gasteiger partial charge in [0.15, 0.2) is 0 Å². The second-order valence-electron chi connectivity index (χ2n) is 2.00. The van der Waals surface area contributed by atoms with Gasteiger partial charge in [0.1, 0.15) is 5.82 Å². The van der Waals surface area contributed by atoms with Crippen molar-refractivity contribution in [3.05, 3.63) is 30.1 Å². The first-order chi connectivity index (χ1) is 5.02. The molecule has 60 valence electrons. The van der Waals surface area contributed by atoms with Gasteiger partial charge in [-0.15, -0.1) is 0 Å². The van der Waals surface area contributed by atoms with Crippen molar-refractivity contribution >= 4 is 24.1 Å². The first-order valence-corrected chi connectivity index (χ1v) is 5.63. The summed E-state index contributed by atoms with van der Waals surface area (Å²) in [7, 11) is 0. The normalized spacial score (nSPS) is 15.9. The van der Waals surface area contributed by atoms with Crippen LogP contribution in [-0.4, -0.2) is 4.89 Å². The minimum absolute atomic E-state index is 0.247. The third-order valence-electron chi connectivity index (χ3n) is 1.17. The van der Waals surface area contributed by atoms with Crippen molar-refractivity contribution in [2.45, 2.75) is 0 Å². The first-order valence-electron chi connectivity index (χ1n) is 2.82. The lowest BCUT2D eigenvalue weighted by Crippen LogP contribution is -2.04. The van der Waals surface area contributed by atoms with E-state index in [0.717, 1.165) is 6.07 Å². The van der Waals surface area contributed by atoms with Crippen LogP contribution in [0.5, 0.6) is 0 Å². The van der Waals surface area contributed by atoms with Gasteiger partial charge in [0.2, 0.25) is 0 Å². The Bertz CT molecular complexity index is 309. The van der Waals surface area contributed by atoms with Crippen LogP contribution in [-0.2, 0) is 4.57 Å². The molecule has 0 amide bonds. The number of rotatable bonds is 1. The molecule has 1 aromatic rings. The molecular formula is C6H6FO2PS. The van der Waals surface area contributed by atoms with E-state index in [1.54, 1.807) is 0 Å². The van der Waals surface area contributed by atoms with E-state index >= 15 is 0 Å². The van der Waals surface area contributed by atoms with Crippen LogP contribution in [0.1, 0.15) is 0 Å². The number of hydrogen-bond acceptors (Lipinski definition) is 1. The quantitative estimate of drug-likeness (QED) is 0.523. The maximum atomic E-state index is 12.7. The molecule has 0 bridgehead atoms. The van der Waals surface area contributed by atoms with E-state index in [1.165, 1.54) is 18.2 Å². The second-order valence-corrected chi connectivity index (χ2v) is 5.19. The van der Waals surface area contributed by atoms with Gasteiger partial charge in [0.05, 0.1) is 5.30 Å². The Hall–Kier alpha value is -0.310. The highest BCUT2D eigenvalue weighted by molar-refractivity contribution is 8.48. The van der Waals surface area contributed by atoms with E-state index in [-0.39, 0.29) is 5.30 Å². The van der Waals surface area contributed by atoms with Crippen LogP contribution in [0.4, 0.5) is 4.39 Å². The molecule has 5 heteroatoms. The largest absolute Gasteiger partial charge is 0.334 e. The Morgan fingerprint density at radius 1 is 1.45 bits per heavy atom. The third kappa shape index (κ3) is 2.06. The Balaban J connectivity index is 3.25. The van der Waals surface area contributed by atoms with Crippen LogP contribution >= 0.6 is 18.8 Å². The van der Waals surface area contributed by atoms with Crippen LogP contribution < -0.4 is 5.30 Å². The summed E-state index contributed by atoms with van der Waals surface area (Å²) in [6.45, 7) is -3.74. The summed E-state index contributed by atoms with van der Waals surface area (Å²) < 4.78 is 23.5. The molecular weight excluding hydrogens is 186 g/mol. The van der Waals surface area contributed by atoms with Gasteiger partial charge in [0.25, 0.3) is 6.57 Å². The summed E-state index contributed by atoms with van der Waals surface area (Å²) in [5.74, 6) is -0.701. The fraction of sp³-hybridized carbons (Fsp3) is 0. The molecule has 1 unspecified atom stereocenters. The molecule has 0 aliphatic carbocycles. The predicted octanol–water partition coefficient (Wildman–Crippen LogP) is 1.57. The SMILES string of the molecule is O=P(O)(S)c1ccccc1F. The third-order valence-corrected chi connectivity index (χ3v) is 2.80. The molecule has 0 fully saturated rings. The Morgan fingerprint density at radius 3 is 2.36 bits per heavy atom. The van der Waals surface area contributed by atoms with Gasteiger partial charge in [-0.25, -0.2) is 4.39 Å². The molecule has 2 nitrogen and oxygen atoms in total. The van der Waals surface area contributed by atoms with Crippen molar-refractivity contribution < 1.29 is 13.8 Å². The lowest BCUT2D eigenvalue weighted by Gasteiger charge is -2.03. The molecule has 0 saturated carbocycles. The number of hydrogen-bond donors (Lipinski definition) is 2. The van der Waals surface area contributed by atoms with Crippen molar-refractivity contribution in [3.8, 4) is 0 Å². The molecule has 0 saturated heterocycles. The van der Waals surface area contributed by atoms with Gasteiger partial charge in [0, 0.05) is 0 Å². The van der Waals surface area contributed by atoms with Crippen molar-refractivity contribution in [2.24, 2.45) is 0 Å². The zero-order valence-electron chi connectivity index (χ0n) is 5.44. The highest BCUT2D eigenvalue weighted by Gasteiger charge is 2.18. The van der Waals surface area contributed by atoms with Crippen molar-refractivity contribution in [1.82, 2.24) is 0 Å². The average Bonchev–Trinajstić information content (AvgIpc) is 1.86. The highest BCUT2D eigenvalue weighted by Crippen LogP contribution is 2.44. The van der Waals surface area contributed by atoms with Crippen LogP contribution in [0.25, 0.3) is 0 Å². The molecule has 1 atom stereocenters. The summed E-state index contributed by atoms with van der Waals surface area (Å²) in [6.07, 6.45) is 0.